The maximum absolute atomic E-state index is 2.19. The van der Waals surface area contributed by atoms with Gasteiger partial charge in [0.15, 0.2) is 0 Å². The van der Waals surface area contributed by atoms with Crippen LogP contribution in [0, 0.1) is 43.2 Å². The second-order valence-corrected chi connectivity index (χ2v) is 3.00. The van der Waals surface area contributed by atoms with E-state index in [0.717, 1.165) is 0 Å². The molecule has 0 radical (unpaired) electrons. The van der Waals surface area contributed by atoms with Crippen molar-refractivity contribution >= 4 is 0 Å². The largest absolute Gasteiger partial charge is 0.0776 e. The van der Waals surface area contributed by atoms with Crippen molar-refractivity contribution in [1.29, 1.82) is 0 Å². The van der Waals surface area contributed by atoms with E-state index in [1.165, 1.54) is 0 Å². The third-order valence-electron chi connectivity index (χ3n) is 0. The Morgan fingerprint density at radius 2 is 0.412 bits per heavy atom. The summed E-state index contributed by atoms with van der Waals surface area (Å²) in [7, 11) is 0. The van der Waals surface area contributed by atoms with Crippen LogP contribution in [0.4, 0.5) is 0 Å². The van der Waals surface area contributed by atoms with Crippen molar-refractivity contribution in [3.8, 4) is 0 Å². The zero-order chi connectivity index (χ0) is 14.5. The summed E-state index contributed by atoms with van der Waals surface area (Å²) in [5.74, 6) is 0. The summed E-state index contributed by atoms with van der Waals surface area (Å²) in [4.78, 5) is 0. The van der Waals surface area contributed by atoms with Gasteiger partial charge in [-0.25, -0.2) is 0 Å². The fourth-order valence-corrected chi connectivity index (χ4v) is 0. The van der Waals surface area contributed by atoms with Gasteiger partial charge in [0.2, 0.25) is 0 Å². The van der Waals surface area contributed by atoms with E-state index < -0.39 is 0 Å². The Hall–Kier alpha value is 1.26. The molecular weight excluding hydrogens is 232 g/mol. The van der Waals surface area contributed by atoms with Crippen molar-refractivity contribution < 1.29 is 37.7 Å². The van der Waals surface area contributed by atoms with E-state index in [1.54, 1.807) is 0 Å². The van der Waals surface area contributed by atoms with Crippen molar-refractivity contribution in [3.63, 3.8) is 0 Å². The van der Waals surface area contributed by atoms with Gasteiger partial charge < -0.3 is 0 Å². The smallest absolute Gasteiger partial charge is 0 e. The van der Waals surface area contributed by atoms with Gasteiger partial charge in [-0.3, -0.25) is 0 Å². The summed E-state index contributed by atoms with van der Waals surface area (Å²) in [6.45, 7) is 28.8. The number of rotatable bonds is 0. The molecule has 0 bridgehead atoms. The van der Waals surface area contributed by atoms with Crippen molar-refractivity contribution in [2.45, 2.75) is 104 Å². The molecule has 0 heterocycles. The number of hydrogen-bond donors (Lipinski definition) is 0. The van der Waals surface area contributed by atoms with Crippen LogP contribution in [0.2, 0.25) is 0 Å². The molecule has 0 aromatic rings. The molecular formula is C16H46Ar. The molecule has 0 nitrogen and oxygen atoms in total. The van der Waals surface area contributed by atoms with Gasteiger partial charge in [0, 0.05) is 37.7 Å². The average Bonchev–Trinajstić information content (AvgIpc) is 2.29. The fraction of sp³-hybridized carbons (Fsp3) is 1.00. The molecule has 0 N–H and O–H groups in total. The third-order valence-corrected chi connectivity index (χ3v) is 0. The van der Waals surface area contributed by atoms with Gasteiger partial charge in [0.05, 0.1) is 0 Å². The topological polar surface area (TPSA) is 0 Å². The van der Waals surface area contributed by atoms with Gasteiger partial charge in [0.1, 0.15) is 0 Å². The minimum Gasteiger partial charge on any atom is -0.0776 e. The van der Waals surface area contributed by atoms with E-state index >= 15 is 0 Å². The van der Waals surface area contributed by atoms with Gasteiger partial charge in [-0.1, -0.05) is 104 Å². The van der Waals surface area contributed by atoms with Crippen molar-refractivity contribution in [2.24, 2.45) is 5.41 Å². The third kappa shape index (κ3) is 2530. The van der Waals surface area contributed by atoms with Gasteiger partial charge in [-0.2, -0.15) is 0 Å². The molecule has 0 atom stereocenters. The normalized spacial score (nSPS) is 5.29. The van der Waals surface area contributed by atoms with Crippen molar-refractivity contribution in [1.82, 2.24) is 0 Å². The molecule has 0 rings (SSSR count). The van der Waals surface area contributed by atoms with E-state index in [9.17, 15) is 0 Å². The molecule has 0 aromatic heterocycles. The van der Waals surface area contributed by atoms with Crippen LogP contribution in [0.5, 0.6) is 0 Å². The van der Waals surface area contributed by atoms with Crippen LogP contribution in [0.25, 0.3) is 0 Å². The molecule has 0 unspecified atom stereocenters. The van der Waals surface area contributed by atoms with Crippen LogP contribution in [0.15, 0.2) is 0 Å². The van der Waals surface area contributed by atoms with E-state index in [0.29, 0.717) is 5.41 Å². The first-order chi connectivity index (χ1) is 7.00. The zero-order valence-electron chi connectivity index (χ0n) is 14.9. The molecule has 0 saturated heterocycles. The maximum atomic E-state index is 2.19. The SMILES string of the molecule is C.CC.CC.CC.CC.CC.CC(C)(C)C.[Ar]. The minimum atomic E-state index is 0. The average molecular weight is 278 g/mol. The van der Waals surface area contributed by atoms with E-state index in [4.69, 9.17) is 0 Å². The summed E-state index contributed by atoms with van der Waals surface area (Å²) >= 11 is 0. The zero-order valence-corrected chi connectivity index (χ0v) is 15.6. The Morgan fingerprint density at radius 3 is 0.412 bits per heavy atom. The van der Waals surface area contributed by atoms with Crippen LogP contribution < -0.4 is 0 Å². The number of hydrogen-bond acceptors (Lipinski definition) is 0. The molecule has 0 aliphatic heterocycles. The van der Waals surface area contributed by atoms with Crippen LogP contribution >= 0.6 is 0 Å². The quantitative estimate of drug-likeness (QED) is 0.423. The van der Waals surface area contributed by atoms with Gasteiger partial charge in [0.25, 0.3) is 0 Å². The standard InChI is InChI=1S/C5H12.5C2H6.CH4.Ar/c1-5(2,3)4;5*1-2;;/h1-4H3;5*1-2H3;1H4;. The summed E-state index contributed by atoms with van der Waals surface area (Å²) in [6.07, 6.45) is 0. The second-order valence-electron chi connectivity index (χ2n) is 3.00. The predicted molar refractivity (Wildman–Crippen MR) is 88.6 cm³/mol. The van der Waals surface area contributed by atoms with E-state index in [1.807, 2.05) is 69.2 Å². The molecule has 0 aliphatic carbocycles. The summed E-state index contributed by atoms with van der Waals surface area (Å²) < 4.78 is 0. The predicted octanol–water partition coefficient (Wildman–Crippen LogP) is 7.82. The molecule has 0 spiro atoms. The second kappa shape index (κ2) is 86.6. The van der Waals surface area contributed by atoms with Gasteiger partial charge in [-0.15, -0.1) is 0 Å². The van der Waals surface area contributed by atoms with Crippen LogP contribution in [0.1, 0.15) is 104 Å². The Labute approximate surface area is 146 Å². The van der Waals surface area contributed by atoms with E-state index in [-0.39, 0.29) is 45.2 Å². The molecule has 0 amide bonds. The fourth-order valence-electron chi connectivity index (χ4n) is 0. The Bertz CT molecular complexity index is 21.0. The molecule has 0 fully saturated rings. The van der Waals surface area contributed by atoms with Crippen LogP contribution in [0.3, 0.4) is 0 Å². The molecule has 0 saturated carbocycles. The maximum Gasteiger partial charge on any atom is 0 e. The first kappa shape index (κ1) is 51.7. The van der Waals surface area contributed by atoms with Gasteiger partial charge >= 0.3 is 0 Å². The Balaban J connectivity index is -0.00000001000. The molecule has 0 aromatic carbocycles. The summed E-state index contributed by atoms with van der Waals surface area (Å²) in [6, 6.07) is 0. The van der Waals surface area contributed by atoms with Gasteiger partial charge in [-0.05, 0) is 5.41 Å². The first-order valence-corrected chi connectivity index (χ1v) is 7.00. The summed E-state index contributed by atoms with van der Waals surface area (Å²) in [5.41, 5.74) is 0.500. The Kier molecular flexibility index (Phi) is 263. The molecule has 1 heteroatoms. The minimum absolute atomic E-state index is 0. The first-order valence-electron chi connectivity index (χ1n) is 7.00. The monoisotopic (exact) mass is 278 g/mol. The van der Waals surface area contributed by atoms with Crippen molar-refractivity contribution in [2.75, 3.05) is 0 Å². The molecule has 118 valence electrons. The summed E-state index contributed by atoms with van der Waals surface area (Å²) in [5, 5.41) is 0. The van der Waals surface area contributed by atoms with Crippen molar-refractivity contribution in [3.05, 3.63) is 0 Å². The molecule has 0 aliphatic rings. The molecule has 17 heavy (non-hydrogen) atoms. The Morgan fingerprint density at radius 1 is 0.412 bits per heavy atom. The van der Waals surface area contributed by atoms with Crippen LogP contribution in [-0.2, 0) is 0 Å². The van der Waals surface area contributed by atoms with E-state index in [2.05, 4.69) is 27.7 Å². The van der Waals surface area contributed by atoms with Crippen LogP contribution in [-0.4, -0.2) is 0 Å².